The molecule has 0 bridgehead atoms. The maximum Gasteiger partial charge on any atom is 0.317 e. The Bertz CT molecular complexity index is 548. The molecule has 1 heterocycles. The van der Waals surface area contributed by atoms with Crippen LogP contribution >= 0.6 is 11.6 Å². The minimum Gasteiger partial charge on any atom is -0.480 e. The fourth-order valence-electron chi connectivity index (χ4n) is 2.56. The third-order valence-corrected chi connectivity index (χ3v) is 3.89. The average molecular weight is 311 g/mol. The van der Waals surface area contributed by atoms with E-state index in [1.54, 1.807) is 23.1 Å². The molecule has 0 unspecified atom stereocenters. The summed E-state index contributed by atoms with van der Waals surface area (Å²) in [6.45, 7) is 4.39. The molecule has 21 heavy (non-hydrogen) atoms. The van der Waals surface area contributed by atoms with E-state index < -0.39 is 5.97 Å². The number of hydrogen-bond donors (Lipinski definition) is 1. The van der Waals surface area contributed by atoms with Crippen LogP contribution < -0.4 is 0 Å². The van der Waals surface area contributed by atoms with Gasteiger partial charge in [-0.15, -0.1) is 0 Å². The lowest BCUT2D eigenvalue weighted by molar-refractivity contribution is -0.138. The lowest BCUT2D eigenvalue weighted by Gasteiger charge is -2.22. The average Bonchev–Trinajstić information content (AvgIpc) is 2.63. The minimum absolute atomic E-state index is 0.0126. The van der Waals surface area contributed by atoms with Crippen LogP contribution in [0.4, 0.5) is 0 Å². The molecule has 1 aliphatic heterocycles. The highest BCUT2D eigenvalue weighted by atomic mass is 35.5. The van der Waals surface area contributed by atoms with Crippen molar-refractivity contribution in [2.45, 2.75) is 13.3 Å². The van der Waals surface area contributed by atoms with Gasteiger partial charge in [0, 0.05) is 36.8 Å². The number of nitrogens with zero attached hydrogens (tertiary/aromatic N) is 2. The van der Waals surface area contributed by atoms with Gasteiger partial charge in [-0.05, 0) is 37.1 Å². The Labute approximate surface area is 129 Å². The maximum atomic E-state index is 12.6. The summed E-state index contributed by atoms with van der Waals surface area (Å²) in [5.41, 5.74) is 1.52. The van der Waals surface area contributed by atoms with Crippen molar-refractivity contribution in [1.29, 1.82) is 0 Å². The fourth-order valence-corrected chi connectivity index (χ4v) is 2.79. The Morgan fingerprint density at radius 1 is 1.24 bits per heavy atom. The van der Waals surface area contributed by atoms with Crippen LogP contribution in [0.1, 0.15) is 22.3 Å². The first-order chi connectivity index (χ1) is 9.97. The smallest absolute Gasteiger partial charge is 0.317 e. The van der Waals surface area contributed by atoms with Gasteiger partial charge in [0.15, 0.2) is 0 Å². The van der Waals surface area contributed by atoms with E-state index in [-0.39, 0.29) is 12.5 Å². The van der Waals surface area contributed by atoms with Crippen molar-refractivity contribution in [2.24, 2.45) is 0 Å². The molecular formula is C15H19ClN2O3. The van der Waals surface area contributed by atoms with Crippen molar-refractivity contribution in [3.8, 4) is 0 Å². The third kappa shape index (κ3) is 4.19. The quantitative estimate of drug-likeness (QED) is 0.926. The molecule has 1 amide bonds. The predicted molar refractivity (Wildman–Crippen MR) is 80.8 cm³/mol. The molecule has 0 aliphatic carbocycles. The van der Waals surface area contributed by atoms with Gasteiger partial charge in [-0.25, -0.2) is 0 Å². The van der Waals surface area contributed by atoms with Gasteiger partial charge in [-0.1, -0.05) is 11.6 Å². The number of carboxylic acid groups (broad SMARTS) is 1. The molecule has 114 valence electrons. The van der Waals surface area contributed by atoms with E-state index >= 15 is 0 Å². The van der Waals surface area contributed by atoms with Gasteiger partial charge in [-0.2, -0.15) is 0 Å². The molecule has 1 N–H and O–H groups in total. The zero-order valence-corrected chi connectivity index (χ0v) is 12.8. The van der Waals surface area contributed by atoms with Gasteiger partial charge in [0.2, 0.25) is 0 Å². The molecule has 1 fully saturated rings. The summed E-state index contributed by atoms with van der Waals surface area (Å²) >= 11 is 5.91. The number of aliphatic carboxylic acids is 1. The second-order valence-electron chi connectivity index (χ2n) is 5.27. The number of carbonyl (C=O) groups is 2. The molecule has 0 radical (unpaired) electrons. The topological polar surface area (TPSA) is 60.9 Å². The van der Waals surface area contributed by atoms with Crippen molar-refractivity contribution in [1.82, 2.24) is 9.80 Å². The van der Waals surface area contributed by atoms with E-state index in [4.69, 9.17) is 16.7 Å². The molecule has 0 atom stereocenters. The molecule has 1 aromatic rings. The molecule has 1 aromatic carbocycles. The second-order valence-corrected chi connectivity index (χ2v) is 5.71. The van der Waals surface area contributed by atoms with E-state index in [9.17, 15) is 9.59 Å². The highest BCUT2D eigenvalue weighted by Crippen LogP contribution is 2.17. The Balaban J connectivity index is 2.04. The zero-order valence-electron chi connectivity index (χ0n) is 12.0. The summed E-state index contributed by atoms with van der Waals surface area (Å²) in [6.07, 6.45) is 0.783. The van der Waals surface area contributed by atoms with Crippen LogP contribution in [-0.4, -0.2) is 59.5 Å². The summed E-state index contributed by atoms with van der Waals surface area (Å²) in [4.78, 5) is 27.0. The van der Waals surface area contributed by atoms with Crippen LogP contribution in [0.3, 0.4) is 0 Å². The van der Waals surface area contributed by atoms with Crippen molar-refractivity contribution >= 4 is 23.5 Å². The first kappa shape index (κ1) is 15.8. The largest absolute Gasteiger partial charge is 0.480 e. The lowest BCUT2D eigenvalue weighted by Crippen LogP contribution is -2.36. The number of carbonyl (C=O) groups excluding carboxylic acids is 1. The Hall–Kier alpha value is -1.59. The second kappa shape index (κ2) is 6.91. The number of benzene rings is 1. The molecule has 0 spiro atoms. The first-order valence-electron chi connectivity index (χ1n) is 6.97. The van der Waals surface area contributed by atoms with E-state index in [1.165, 1.54) is 0 Å². The standard InChI is InChI=1S/C15H19ClN2O3/c1-11-9-12(16)3-4-13(11)15(21)18-6-2-5-17(7-8-18)10-14(19)20/h3-4,9H,2,5-8,10H2,1H3,(H,19,20). The van der Waals surface area contributed by atoms with Crippen LogP contribution in [0.2, 0.25) is 5.02 Å². The monoisotopic (exact) mass is 310 g/mol. The minimum atomic E-state index is -0.830. The number of hydrogen-bond acceptors (Lipinski definition) is 3. The van der Waals surface area contributed by atoms with Crippen LogP contribution in [0.15, 0.2) is 18.2 Å². The molecule has 2 rings (SSSR count). The molecule has 0 saturated carbocycles. The van der Waals surface area contributed by atoms with Gasteiger partial charge >= 0.3 is 5.97 Å². The number of rotatable bonds is 3. The number of halogens is 1. The summed E-state index contributed by atoms with van der Waals surface area (Å²) in [6, 6.07) is 5.25. The Kier molecular flexibility index (Phi) is 5.20. The first-order valence-corrected chi connectivity index (χ1v) is 7.35. The lowest BCUT2D eigenvalue weighted by atomic mass is 10.1. The summed E-state index contributed by atoms with van der Waals surface area (Å²) in [5, 5.41) is 9.46. The van der Waals surface area contributed by atoms with Crippen LogP contribution in [-0.2, 0) is 4.79 Å². The van der Waals surface area contributed by atoms with Crippen molar-refractivity contribution in [2.75, 3.05) is 32.7 Å². The van der Waals surface area contributed by atoms with Gasteiger partial charge in [0.1, 0.15) is 0 Å². The summed E-state index contributed by atoms with van der Waals surface area (Å²) < 4.78 is 0. The molecule has 1 aliphatic rings. The Morgan fingerprint density at radius 2 is 2.00 bits per heavy atom. The van der Waals surface area contributed by atoms with E-state index in [0.717, 1.165) is 12.0 Å². The van der Waals surface area contributed by atoms with Gasteiger partial charge in [0.05, 0.1) is 6.54 Å². The Morgan fingerprint density at radius 3 is 2.67 bits per heavy atom. The highest BCUT2D eigenvalue weighted by Gasteiger charge is 2.22. The van der Waals surface area contributed by atoms with E-state index in [2.05, 4.69) is 0 Å². The molecule has 1 saturated heterocycles. The zero-order chi connectivity index (χ0) is 15.4. The van der Waals surface area contributed by atoms with E-state index in [0.29, 0.717) is 36.8 Å². The maximum absolute atomic E-state index is 12.6. The third-order valence-electron chi connectivity index (χ3n) is 3.65. The number of carboxylic acids is 1. The van der Waals surface area contributed by atoms with Gasteiger partial charge in [-0.3, -0.25) is 14.5 Å². The normalized spacial score (nSPS) is 16.6. The number of aryl methyl sites for hydroxylation is 1. The summed E-state index contributed by atoms with van der Waals surface area (Å²) in [7, 11) is 0. The van der Waals surface area contributed by atoms with Crippen LogP contribution in [0, 0.1) is 6.92 Å². The van der Waals surface area contributed by atoms with Crippen LogP contribution in [0.5, 0.6) is 0 Å². The number of amides is 1. The summed E-state index contributed by atoms with van der Waals surface area (Å²) in [5.74, 6) is -0.843. The van der Waals surface area contributed by atoms with Crippen LogP contribution in [0.25, 0.3) is 0 Å². The molecule has 6 heteroatoms. The van der Waals surface area contributed by atoms with E-state index in [1.807, 2.05) is 11.8 Å². The molecule has 5 nitrogen and oxygen atoms in total. The molecular weight excluding hydrogens is 292 g/mol. The van der Waals surface area contributed by atoms with Gasteiger partial charge < -0.3 is 10.0 Å². The van der Waals surface area contributed by atoms with Gasteiger partial charge in [0.25, 0.3) is 5.91 Å². The SMILES string of the molecule is Cc1cc(Cl)ccc1C(=O)N1CCCN(CC(=O)O)CC1. The molecule has 0 aromatic heterocycles. The van der Waals surface area contributed by atoms with Crippen molar-refractivity contribution in [3.05, 3.63) is 34.3 Å². The highest BCUT2D eigenvalue weighted by molar-refractivity contribution is 6.30. The predicted octanol–water partition coefficient (Wildman–Crippen LogP) is 1.88. The fraction of sp³-hybridized carbons (Fsp3) is 0.467. The van der Waals surface area contributed by atoms with Crippen molar-refractivity contribution < 1.29 is 14.7 Å². The van der Waals surface area contributed by atoms with Crippen molar-refractivity contribution in [3.63, 3.8) is 0 Å².